The molecule has 1 aliphatic rings. The van der Waals surface area contributed by atoms with Crippen molar-refractivity contribution >= 4 is 9.84 Å². The molecule has 0 heterocycles. The van der Waals surface area contributed by atoms with Gasteiger partial charge in [-0.25, -0.2) is 8.42 Å². The standard InChI is InChI=1S/C11H24N2O2S/c1-2-16(14,15)10-9-13(8-7-12)11-5-3-4-6-11/h11H,2-10,12H2,1H3. The van der Waals surface area contributed by atoms with Crippen LogP contribution in [0.2, 0.25) is 0 Å². The largest absolute Gasteiger partial charge is 0.329 e. The van der Waals surface area contributed by atoms with Gasteiger partial charge in [0.05, 0.1) is 5.75 Å². The van der Waals surface area contributed by atoms with E-state index in [1.807, 2.05) is 0 Å². The number of sulfone groups is 1. The van der Waals surface area contributed by atoms with Crippen LogP contribution < -0.4 is 5.73 Å². The van der Waals surface area contributed by atoms with Crippen molar-refractivity contribution in [2.45, 2.75) is 38.6 Å². The molecule has 0 aromatic heterocycles. The first-order valence-corrected chi connectivity index (χ1v) is 8.05. The molecule has 0 bridgehead atoms. The molecular formula is C11H24N2O2S. The van der Waals surface area contributed by atoms with E-state index >= 15 is 0 Å². The number of hydrogen-bond donors (Lipinski definition) is 1. The van der Waals surface area contributed by atoms with Gasteiger partial charge in [-0.15, -0.1) is 0 Å². The molecule has 0 unspecified atom stereocenters. The fourth-order valence-corrected chi connectivity index (χ4v) is 3.11. The monoisotopic (exact) mass is 248 g/mol. The van der Waals surface area contributed by atoms with Crippen LogP contribution in [0.3, 0.4) is 0 Å². The van der Waals surface area contributed by atoms with Crippen molar-refractivity contribution in [3.05, 3.63) is 0 Å². The molecule has 2 N–H and O–H groups in total. The van der Waals surface area contributed by atoms with Crippen molar-refractivity contribution in [2.75, 3.05) is 31.1 Å². The average molecular weight is 248 g/mol. The third kappa shape index (κ3) is 4.39. The van der Waals surface area contributed by atoms with Crippen molar-refractivity contribution in [1.29, 1.82) is 0 Å². The Morgan fingerprint density at radius 3 is 2.38 bits per heavy atom. The third-order valence-electron chi connectivity index (χ3n) is 3.39. The maximum absolute atomic E-state index is 11.5. The fourth-order valence-electron chi connectivity index (χ4n) is 2.31. The maximum atomic E-state index is 11.5. The maximum Gasteiger partial charge on any atom is 0.151 e. The molecule has 1 fully saturated rings. The zero-order valence-electron chi connectivity index (χ0n) is 10.2. The quantitative estimate of drug-likeness (QED) is 0.717. The summed E-state index contributed by atoms with van der Waals surface area (Å²) in [5.41, 5.74) is 5.58. The Labute approximate surface area is 99.1 Å². The van der Waals surface area contributed by atoms with Gasteiger partial charge < -0.3 is 5.73 Å². The molecule has 0 amide bonds. The Morgan fingerprint density at radius 2 is 1.88 bits per heavy atom. The van der Waals surface area contributed by atoms with Crippen LogP contribution >= 0.6 is 0 Å². The second-order valence-corrected chi connectivity index (χ2v) is 6.97. The Hall–Kier alpha value is -0.130. The van der Waals surface area contributed by atoms with Crippen LogP contribution in [0.5, 0.6) is 0 Å². The predicted octanol–water partition coefficient (Wildman–Crippen LogP) is 0.624. The second-order valence-electron chi connectivity index (χ2n) is 4.50. The smallest absolute Gasteiger partial charge is 0.151 e. The Kier molecular flexibility index (Phi) is 5.72. The third-order valence-corrected chi connectivity index (χ3v) is 5.07. The molecule has 0 atom stereocenters. The van der Waals surface area contributed by atoms with Crippen LogP contribution in [0, 0.1) is 0 Å². The first-order valence-electron chi connectivity index (χ1n) is 6.23. The summed E-state index contributed by atoms with van der Waals surface area (Å²) in [6.07, 6.45) is 4.94. The Bertz CT molecular complexity index is 284. The number of rotatable bonds is 7. The van der Waals surface area contributed by atoms with E-state index in [-0.39, 0.29) is 11.5 Å². The van der Waals surface area contributed by atoms with Crippen LogP contribution in [-0.2, 0) is 9.84 Å². The molecule has 0 saturated heterocycles. The highest BCUT2D eigenvalue weighted by Gasteiger charge is 2.22. The molecule has 4 nitrogen and oxygen atoms in total. The van der Waals surface area contributed by atoms with Gasteiger partial charge in [-0.05, 0) is 12.8 Å². The zero-order valence-corrected chi connectivity index (χ0v) is 11.0. The minimum absolute atomic E-state index is 0.244. The molecule has 0 aromatic rings. The van der Waals surface area contributed by atoms with Crippen molar-refractivity contribution in [1.82, 2.24) is 4.90 Å². The van der Waals surface area contributed by atoms with E-state index in [0.717, 1.165) is 6.54 Å². The number of nitrogens with zero attached hydrogens (tertiary/aromatic N) is 1. The molecule has 0 spiro atoms. The first kappa shape index (κ1) is 13.9. The van der Waals surface area contributed by atoms with Gasteiger partial charge in [-0.1, -0.05) is 19.8 Å². The minimum atomic E-state index is -2.84. The topological polar surface area (TPSA) is 63.4 Å². The van der Waals surface area contributed by atoms with E-state index in [0.29, 0.717) is 19.1 Å². The molecule has 0 aromatic carbocycles. The van der Waals surface area contributed by atoms with Crippen molar-refractivity contribution in [3.8, 4) is 0 Å². The van der Waals surface area contributed by atoms with E-state index in [1.165, 1.54) is 25.7 Å². The highest BCUT2D eigenvalue weighted by atomic mass is 32.2. The lowest BCUT2D eigenvalue weighted by molar-refractivity contribution is 0.216. The normalized spacial score (nSPS) is 18.4. The SMILES string of the molecule is CCS(=O)(=O)CCN(CCN)C1CCCC1. The predicted molar refractivity (Wildman–Crippen MR) is 67.2 cm³/mol. The molecule has 1 saturated carbocycles. The van der Waals surface area contributed by atoms with Crippen molar-refractivity contribution < 1.29 is 8.42 Å². The van der Waals surface area contributed by atoms with Crippen LogP contribution in [0.1, 0.15) is 32.6 Å². The highest BCUT2D eigenvalue weighted by Crippen LogP contribution is 2.23. The average Bonchev–Trinajstić information content (AvgIpc) is 2.77. The molecule has 5 heteroatoms. The molecule has 0 radical (unpaired) electrons. The summed E-state index contributed by atoms with van der Waals surface area (Å²) in [4.78, 5) is 2.26. The zero-order chi connectivity index (χ0) is 12.0. The molecular weight excluding hydrogens is 224 g/mol. The molecule has 0 aliphatic heterocycles. The van der Waals surface area contributed by atoms with Crippen LogP contribution in [0.4, 0.5) is 0 Å². The van der Waals surface area contributed by atoms with Gasteiger partial charge in [0.2, 0.25) is 0 Å². The van der Waals surface area contributed by atoms with E-state index in [9.17, 15) is 8.42 Å². The molecule has 1 rings (SSSR count). The summed E-state index contributed by atoms with van der Waals surface area (Å²) in [5.74, 6) is 0.522. The summed E-state index contributed by atoms with van der Waals surface area (Å²) in [6, 6.07) is 0.565. The summed E-state index contributed by atoms with van der Waals surface area (Å²) >= 11 is 0. The van der Waals surface area contributed by atoms with Crippen LogP contribution in [0.15, 0.2) is 0 Å². The number of hydrogen-bond acceptors (Lipinski definition) is 4. The van der Waals surface area contributed by atoms with Crippen LogP contribution in [0.25, 0.3) is 0 Å². The van der Waals surface area contributed by atoms with E-state index in [4.69, 9.17) is 5.73 Å². The Morgan fingerprint density at radius 1 is 1.25 bits per heavy atom. The van der Waals surface area contributed by atoms with E-state index in [1.54, 1.807) is 6.92 Å². The van der Waals surface area contributed by atoms with Gasteiger partial charge in [0.25, 0.3) is 0 Å². The molecule has 16 heavy (non-hydrogen) atoms. The summed E-state index contributed by atoms with van der Waals surface area (Å²) in [5, 5.41) is 0. The van der Waals surface area contributed by atoms with Crippen molar-refractivity contribution in [2.24, 2.45) is 5.73 Å². The summed E-state index contributed by atoms with van der Waals surface area (Å²) in [6.45, 7) is 3.79. The fraction of sp³-hybridized carbons (Fsp3) is 1.00. The van der Waals surface area contributed by atoms with E-state index in [2.05, 4.69) is 4.90 Å². The van der Waals surface area contributed by atoms with Gasteiger partial charge in [0.1, 0.15) is 0 Å². The number of nitrogens with two attached hydrogens (primary N) is 1. The second kappa shape index (κ2) is 6.57. The molecule has 1 aliphatic carbocycles. The lowest BCUT2D eigenvalue weighted by Gasteiger charge is -2.28. The summed E-state index contributed by atoms with van der Waals surface area (Å²) < 4.78 is 22.9. The lowest BCUT2D eigenvalue weighted by Crippen LogP contribution is -2.40. The lowest BCUT2D eigenvalue weighted by atomic mass is 10.2. The summed E-state index contributed by atoms with van der Waals surface area (Å²) in [7, 11) is -2.84. The van der Waals surface area contributed by atoms with Gasteiger partial charge in [-0.3, -0.25) is 4.90 Å². The van der Waals surface area contributed by atoms with Gasteiger partial charge in [0.15, 0.2) is 9.84 Å². The molecule has 96 valence electrons. The first-order chi connectivity index (χ1) is 7.59. The van der Waals surface area contributed by atoms with Gasteiger partial charge >= 0.3 is 0 Å². The van der Waals surface area contributed by atoms with E-state index < -0.39 is 9.84 Å². The Balaban J connectivity index is 2.44. The van der Waals surface area contributed by atoms with Gasteiger partial charge in [-0.2, -0.15) is 0 Å². The van der Waals surface area contributed by atoms with Crippen molar-refractivity contribution in [3.63, 3.8) is 0 Å². The minimum Gasteiger partial charge on any atom is -0.329 e. The van der Waals surface area contributed by atoms with Crippen LogP contribution in [-0.4, -0.2) is 50.5 Å². The highest BCUT2D eigenvalue weighted by molar-refractivity contribution is 7.91. The van der Waals surface area contributed by atoms with Gasteiger partial charge in [0, 0.05) is 31.4 Å².